The molecule has 0 spiro atoms. The van der Waals surface area contributed by atoms with Crippen LogP contribution in [-0.2, 0) is 11.2 Å². The average Bonchev–Trinajstić information content (AvgIpc) is 2.76. The third kappa shape index (κ3) is 6.93. The topological polar surface area (TPSA) is 71.3 Å². The van der Waals surface area contributed by atoms with Gasteiger partial charge in [-0.15, -0.1) is 0 Å². The van der Waals surface area contributed by atoms with Crippen LogP contribution in [0.25, 0.3) is 6.08 Å². The molecule has 30 heavy (non-hydrogen) atoms. The van der Waals surface area contributed by atoms with Crippen molar-refractivity contribution in [3.05, 3.63) is 63.6 Å². The van der Waals surface area contributed by atoms with Crippen molar-refractivity contribution in [2.45, 2.75) is 39.2 Å². The third-order valence-corrected chi connectivity index (χ3v) is 5.18. The van der Waals surface area contributed by atoms with Gasteiger partial charge >= 0.3 is 0 Å². The van der Waals surface area contributed by atoms with Crippen LogP contribution in [-0.4, -0.2) is 25.7 Å². The number of nitrogens with zero attached hydrogens (tertiary/aromatic N) is 1. The van der Waals surface area contributed by atoms with Crippen molar-refractivity contribution >= 4 is 27.9 Å². The predicted molar refractivity (Wildman–Crippen MR) is 122 cm³/mol. The van der Waals surface area contributed by atoms with Gasteiger partial charge in [0.15, 0.2) is 11.5 Å². The Morgan fingerprint density at radius 3 is 2.67 bits per heavy atom. The van der Waals surface area contributed by atoms with Crippen molar-refractivity contribution in [1.82, 2.24) is 5.32 Å². The lowest BCUT2D eigenvalue weighted by Gasteiger charge is -2.17. The number of halogens is 1. The molecule has 1 amide bonds. The summed E-state index contributed by atoms with van der Waals surface area (Å²) in [6, 6.07) is 15.6. The fourth-order valence-corrected chi connectivity index (χ4v) is 3.32. The summed E-state index contributed by atoms with van der Waals surface area (Å²) in [7, 11) is 1.56. The van der Waals surface area contributed by atoms with Crippen molar-refractivity contribution in [1.29, 1.82) is 5.26 Å². The molecule has 0 saturated heterocycles. The molecule has 0 saturated carbocycles. The molecule has 1 atom stereocenters. The SMILES string of the molecule is CC[C@@H](C)Oc1c(Br)cc(/C=C(/C#N)C(=O)NCCCc2ccccc2)cc1OC. The van der Waals surface area contributed by atoms with Crippen molar-refractivity contribution in [3.63, 3.8) is 0 Å². The lowest BCUT2D eigenvalue weighted by Crippen LogP contribution is -2.25. The zero-order chi connectivity index (χ0) is 21.9. The quantitative estimate of drug-likeness (QED) is 0.290. The summed E-state index contributed by atoms with van der Waals surface area (Å²) in [6.07, 6.45) is 4.12. The highest BCUT2D eigenvalue weighted by molar-refractivity contribution is 9.10. The summed E-state index contributed by atoms with van der Waals surface area (Å²) in [4.78, 5) is 12.4. The van der Waals surface area contributed by atoms with Gasteiger partial charge in [-0.3, -0.25) is 4.79 Å². The highest BCUT2D eigenvalue weighted by Gasteiger charge is 2.15. The molecule has 2 rings (SSSR count). The Bertz CT molecular complexity index is 920. The van der Waals surface area contributed by atoms with Gasteiger partial charge in [-0.1, -0.05) is 37.3 Å². The van der Waals surface area contributed by atoms with E-state index in [0.29, 0.717) is 28.1 Å². The molecule has 0 bridgehead atoms. The molecule has 0 aliphatic carbocycles. The number of nitrogens with one attached hydrogen (secondary N) is 1. The molecule has 158 valence electrons. The first kappa shape index (κ1) is 23.5. The summed E-state index contributed by atoms with van der Waals surface area (Å²) in [5, 5.41) is 12.3. The number of ether oxygens (including phenoxy) is 2. The average molecular weight is 471 g/mol. The van der Waals surface area contributed by atoms with Crippen LogP contribution in [0.5, 0.6) is 11.5 Å². The largest absolute Gasteiger partial charge is 0.493 e. The minimum atomic E-state index is -0.388. The number of rotatable bonds is 10. The normalized spacial score (nSPS) is 12.0. The number of hydrogen-bond donors (Lipinski definition) is 1. The number of amides is 1. The van der Waals surface area contributed by atoms with Gasteiger partial charge in [-0.05, 0) is 71.5 Å². The van der Waals surface area contributed by atoms with E-state index >= 15 is 0 Å². The minimum absolute atomic E-state index is 0.0351. The summed E-state index contributed by atoms with van der Waals surface area (Å²) >= 11 is 3.50. The monoisotopic (exact) mass is 470 g/mol. The number of aryl methyl sites for hydroxylation is 1. The first-order chi connectivity index (χ1) is 14.5. The first-order valence-electron chi connectivity index (χ1n) is 9.96. The Balaban J connectivity index is 2.06. The fourth-order valence-electron chi connectivity index (χ4n) is 2.77. The summed E-state index contributed by atoms with van der Waals surface area (Å²) in [5.41, 5.74) is 1.94. The molecule has 5 nitrogen and oxygen atoms in total. The van der Waals surface area contributed by atoms with Crippen LogP contribution in [0, 0.1) is 11.3 Å². The van der Waals surface area contributed by atoms with E-state index in [0.717, 1.165) is 19.3 Å². The summed E-state index contributed by atoms with van der Waals surface area (Å²) < 4.78 is 12.1. The Morgan fingerprint density at radius 1 is 1.30 bits per heavy atom. The van der Waals surface area contributed by atoms with Crippen molar-refractivity contribution in [2.24, 2.45) is 0 Å². The van der Waals surface area contributed by atoms with Crippen LogP contribution in [0.1, 0.15) is 37.8 Å². The minimum Gasteiger partial charge on any atom is -0.493 e. The van der Waals surface area contributed by atoms with Gasteiger partial charge in [0.25, 0.3) is 5.91 Å². The summed E-state index contributed by atoms with van der Waals surface area (Å²) in [5.74, 6) is 0.755. The number of hydrogen-bond acceptors (Lipinski definition) is 4. The highest BCUT2D eigenvalue weighted by atomic mass is 79.9. The van der Waals surface area contributed by atoms with E-state index in [1.807, 2.05) is 38.1 Å². The molecule has 0 unspecified atom stereocenters. The van der Waals surface area contributed by atoms with Crippen molar-refractivity contribution in [3.8, 4) is 17.6 Å². The number of carbonyl (C=O) groups excluding carboxylic acids is 1. The zero-order valence-corrected chi connectivity index (χ0v) is 19.2. The number of methoxy groups -OCH3 is 1. The van der Waals surface area contributed by atoms with Gasteiger partial charge in [-0.2, -0.15) is 5.26 Å². The highest BCUT2D eigenvalue weighted by Crippen LogP contribution is 2.38. The van der Waals surface area contributed by atoms with Crippen molar-refractivity contribution < 1.29 is 14.3 Å². The maximum Gasteiger partial charge on any atom is 0.261 e. The van der Waals surface area contributed by atoms with E-state index < -0.39 is 0 Å². The lowest BCUT2D eigenvalue weighted by atomic mass is 10.1. The Labute approximate surface area is 186 Å². The first-order valence-corrected chi connectivity index (χ1v) is 10.8. The van der Waals surface area contributed by atoms with Gasteiger partial charge < -0.3 is 14.8 Å². The van der Waals surface area contributed by atoms with Crippen LogP contribution < -0.4 is 14.8 Å². The molecular formula is C24H27BrN2O3. The third-order valence-electron chi connectivity index (χ3n) is 4.59. The van der Waals surface area contributed by atoms with Crippen LogP contribution in [0.15, 0.2) is 52.5 Å². The zero-order valence-electron chi connectivity index (χ0n) is 17.6. The van der Waals surface area contributed by atoms with Crippen LogP contribution in [0.4, 0.5) is 0 Å². The second-order valence-electron chi connectivity index (χ2n) is 6.89. The van der Waals surface area contributed by atoms with Crippen LogP contribution in [0.3, 0.4) is 0 Å². The van der Waals surface area contributed by atoms with Gasteiger partial charge in [0.05, 0.1) is 17.7 Å². The smallest absolute Gasteiger partial charge is 0.261 e. The van der Waals surface area contributed by atoms with Crippen LogP contribution >= 0.6 is 15.9 Å². The van der Waals surface area contributed by atoms with Crippen molar-refractivity contribution in [2.75, 3.05) is 13.7 Å². The van der Waals surface area contributed by atoms with E-state index in [-0.39, 0.29) is 17.6 Å². The van der Waals surface area contributed by atoms with Crippen LogP contribution in [0.2, 0.25) is 0 Å². The molecule has 0 fully saturated rings. The number of benzene rings is 2. The molecule has 2 aromatic carbocycles. The standard InChI is InChI=1S/C24H27BrN2O3/c1-4-17(2)30-23-21(25)14-19(15-22(23)29-3)13-20(16-26)24(28)27-12-8-11-18-9-6-5-7-10-18/h5-7,9-10,13-15,17H,4,8,11-12H2,1-3H3,(H,27,28)/b20-13-/t17-/m1/s1. The van der Waals surface area contributed by atoms with E-state index in [1.54, 1.807) is 25.3 Å². The second kappa shape index (κ2) is 12.0. The fraction of sp³-hybridized carbons (Fsp3) is 0.333. The van der Waals surface area contributed by atoms with Gasteiger partial charge in [0.1, 0.15) is 11.6 Å². The predicted octanol–water partition coefficient (Wildman–Crippen LogP) is 5.29. The summed E-state index contributed by atoms with van der Waals surface area (Å²) in [6.45, 7) is 4.52. The van der Waals surface area contributed by atoms with Gasteiger partial charge in [0.2, 0.25) is 0 Å². The molecule has 0 aromatic heterocycles. The van der Waals surface area contributed by atoms with Gasteiger partial charge in [0, 0.05) is 6.54 Å². The second-order valence-corrected chi connectivity index (χ2v) is 7.74. The number of carbonyl (C=O) groups is 1. The lowest BCUT2D eigenvalue weighted by molar-refractivity contribution is -0.117. The molecule has 6 heteroatoms. The molecule has 0 radical (unpaired) electrons. The molecule has 0 aliphatic heterocycles. The van der Waals surface area contributed by atoms with Gasteiger partial charge in [-0.25, -0.2) is 0 Å². The molecule has 0 heterocycles. The maximum atomic E-state index is 12.4. The molecule has 1 N–H and O–H groups in total. The van der Waals surface area contributed by atoms with E-state index in [4.69, 9.17) is 9.47 Å². The Kier molecular flexibility index (Phi) is 9.43. The maximum absolute atomic E-state index is 12.4. The van der Waals surface area contributed by atoms with E-state index in [2.05, 4.69) is 33.4 Å². The molecule has 2 aromatic rings. The Hall–Kier alpha value is -2.78. The molecule has 0 aliphatic rings. The van der Waals surface area contributed by atoms with E-state index in [1.165, 1.54) is 5.56 Å². The molecular weight excluding hydrogens is 444 g/mol. The number of nitriles is 1. The van der Waals surface area contributed by atoms with E-state index in [9.17, 15) is 10.1 Å². The Morgan fingerprint density at radius 2 is 2.03 bits per heavy atom.